The molecule has 1 rings (SSSR count). The highest BCUT2D eigenvalue weighted by atomic mass is 16.4. The first-order chi connectivity index (χ1) is 9.79. The first-order valence-electron chi connectivity index (χ1n) is 6.30. The summed E-state index contributed by atoms with van der Waals surface area (Å²) in [6.45, 7) is 3.58. The molecule has 1 heterocycles. The molecule has 1 aromatic rings. The van der Waals surface area contributed by atoms with Crippen LogP contribution >= 0.6 is 0 Å². The van der Waals surface area contributed by atoms with Gasteiger partial charge < -0.3 is 20.6 Å². The number of likely N-dealkylation sites (N-methyl/N-ethyl adjacent to an activating group) is 1. The Bertz CT molecular complexity index is 527. The zero-order chi connectivity index (χ0) is 16.0. The number of carboxylic acid groups (broad SMARTS) is 1. The molecule has 0 aliphatic rings. The second-order valence-electron chi connectivity index (χ2n) is 4.75. The molecule has 8 nitrogen and oxygen atoms in total. The molecule has 0 spiro atoms. The van der Waals surface area contributed by atoms with E-state index in [0.29, 0.717) is 5.69 Å². The minimum absolute atomic E-state index is 0.00160. The molecule has 3 amide bonds. The molecule has 0 saturated carbocycles. The van der Waals surface area contributed by atoms with Gasteiger partial charge in [-0.1, -0.05) is 0 Å². The largest absolute Gasteiger partial charge is 0.477 e. The van der Waals surface area contributed by atoms with E-state index in [2.05, 4.69) is 15.6 Å². The second kappa shape index (κ2) is 7.22. The summed E-state index contributed by atoms with van der Waals surface area (Å²) in [6, 6.07) is 2.22. The number of hydrogen-bond donors (Lipinski definition) is 3. The van der Waals surface area contributed by atoms with Crippen molar-refractivity contribution in [1.82, 2.24) is 15.2 Å². The summed E-state index contributed by atoms with van der Waals surface area (Å²) in [5.41, 5.74) is 0.235. The van der Waals surface area contributed by atoms with Gasteiger partial charge in [0.2, 0.25) is 5.91 Å². The Morgan fingerprint density at radius 2 is 2.00 bits per heavy atom. The third kappa shape index (κ3) is 5.47. The highest BCUT2D eigenvalue weighted by Gasteiger charge is 2.14. The Balaban J connectivity index is 2.55. The molecule has 0 aromatic carbocycles. The number of aromatic nitrogens is 1. The number of carbonyl (C=O) groups excluding carboxylic acids is 2. The van der Waals surface area contributed by atoms with Crippen LogP contribution in [0.2, 0.25) is 0 Å². The van der Waals surface area contributed by atoms with Crippen LogP contribution in [0.25, 0.3) is 0 Å². The third-order valence-corrected chi connectivity index (χ3v) is 2.41. The van der Waals surface area contributed by atoms with Crippen LogP contribution in [-0.2, 0) is 4.79 Å². The van der Waals surface area contributed by atoms with Gasteiger partial charge in [0.05, 0.1) is 11.9 Å². The van der Waals surface area contributed by atoms with Crippen molar-refractivity contribution in [2.75, 3.05) is 18.9 Å². The van der Waals surface area contributed by atoms with Crippen molar-refractivity contribution in [2.24, 2.45) is 0 Å². The van der Waals surface area contributed by atoms with Crippen LogP contribution < -0.4 is 10.6 Å². The van der Waals surface area contributed by atoms with Crippen LogP contribution in [0.3, 0.4) is 0 Å². The monoisotopic (exact) mass is 294 g/mol. The Labute approximate surface area is 122 Å². The van der Waals surface area contributed by atoms with Crippen molar-refractivity contribution in [3.05, 3.63) is 24.0 Å². The van der Waals surface area contributed by atoms with Gasteiger partial charge in [-0.2, -0.15) is 0 Å². The SMILES string of the molecule is CC(C)NC(=O)CN(C)C(=O)Nc1ccc(C(=O)O)nc1. The van der Waals surface area contributed by atoms with Gasteiger partial charge in [-0.05, 0) is 26.0 Å². The molecule has 114 valence electrons. The van der Waals surface area contributed by atoms with E-state index in [1.165, 1.54) is 30.3 Å². The van der Waals surface area contributed by atoms with Crippen LogP contribution in [0.1, 0.15) is 24.3 Å². The number of nitrogens with zero attached hydrogens (tertiary/aromatic N) is 2. The van der Waals surface area contributed by atoms with Gasteiger partial charge in [-0.3, -0.25) is 4.79 Å². The lowest BCUT2D eigenvalue weighted by Crippen LogP contribution is -2.42. The molecule has 0 atom stereocenters. The fourth-order valence-corrected chi connectivity index (χ4v) is 1.47. The zero-order valence-corrected chi connectivity index (χ0v) is 12.1. The van der Waals surface area contributed by atoms with Crippen molar-refractivity contribution in [3.8, 4) is 0 Å². The molecule has 0 aliphatic heterocycles. The smallest absolute Gasteiger partial charge is 0.354 e. The molecule has 0 aliphatic carbocycles. The van der Waals surface area contributed by atoms with Gasteiger partial charge in [0.15, 0.2) is 0 Å². The number of pyridine rings is 1. The molecule has 0 unspecified atom stereocenters. The van der Waals surface area contributed by atoms with E-state index in [1.54, 1.807) is 0 Å². The van der Waals surface area contributed by atoms with E-state index in [0.717, 1.165) is 0 Å². The average Bonchev–Trinajstić information content (AvgIpc) is 2.38. The Kier molecular flexibility index (Phi) is 5.65. The fraction of sp³-hybridized carbons (Fsp3) is 0.385. The predicted octanol–water partition coefficient (Wildman–Crippen LogP) is 0.768. The molecule has 0 fully saturated rings. The first-order valence-corrected chi connectivity index (χ1v) is 6.30. The van der Waals surface area contributed by atoms with E-state index < -0.39 is 12.0 Å². The van der Waals surface area contributed by atoms with Gasteiger partial charge in [0.1, 0.15) is 12.2 Å². The van der Waals surface area contributed by atoms with E-state index in [9.17, 15) is 14.4 Å². The number of nitrogens with one attached hydrogen (secondary N) is 2. The van der Waals surface area contributed by atoms with E-state index in [4.69, 9.17) is 5.11 Å². The lowest BCUT2D eigenvalue weighted by Gasteiger charge is -2.18. The number of hydrogen-bond acceptors (Lipinski definition) is 4. The van der Waals surface area contributed by atoms with Gasteiger partial charge in [0.25, 0.3) is 0 Å². The number of urea groups is 1. The minimum atomic E-state index is -1.14. The van der Waals surface area contributed by atoms with Crippen LogP contribution in [0.15, 0.2) is 18.3 Å². The Hall–Kier alpha value is -2.64. The summed E-state index contributed by atoms with van der Waals surface area (Å²) >= 11 is 0. The summed E-state index contributed by atoms with van der Waals surface area (Å²) in [4.78, 5) is 38.9. The molecular weight excluding hydrogens is 276 g/mol. The van der Waals surface area contributed by atoms with E-state index in [1.807, 2.05) is 13.8 Å². The number of anilines is 1. The topological polar surface area (TPSA) is 112 Å². The summed E-state index contributed by atoms with van der Waals surface area (Å²) < 4.78 is 0. The van der Waals surface area contributed by atoms with E-state index >= 15 is 0 Å². The molecule has 0 radical (unpaired) electrons. The van der Waals surface area contributed by atoms with Crippen molar-refractivity contribution >= 4 is 23.6 Å². The lowest BCUT2D eigenvalue weighted by atomic mass is 10.3. The summed E-state index contributed by atoms with van der Waals surface area (Å²) in [7, 11) is 1.48. The fourth-order valence-electron chi connectivity index (χ4n) is 1.47. The number of amides is 3. The van der Waals surface area contributed by atoms with Crippen molar-refractivity contribution < 1.29 is 19.5 Å². The molecule has 0 bridgehead atoms. The predicted molar refractivity (Wildman–Crippen MR) is 76.1 cm³/mol. The maximum atomic E-state index is 11.8. The summed E-state index contributed by atoms with van der Waals surface area (Å²) in [6.07, 6.45) is 1.24. The maximum absolute atomic E-state index is 11.8. The number of aromatic carboxylic acids is 1. The molecule has 21 heavy (non-hydrogen) atoms. The minimum Gasteiger partial charge on any atom is -0.477 e. The lowest BCUT2D eigenvalue weighted by molar-refractivity contribution is -0.121. The van der Waals surface area contributed by atoms with Crippen LogP contribution in [-0.4, -0.2) is 52.5 Å². The van der Waals surface area contributed by atoms with Gasteiger partial charge in [-0.25, -0.2) is 14.6 Å². The first kappa shape index (κ1) is 16.4. The van der Waals surface area contributed by atoms with Gasteiger partial charge >= 0.3 is 12.0 Å². The molecule has 1 aromatic heterocycles. The highest BCUT2D eigenvalue weighted by Crippen LogP contribution is 2.07. The van der Waals surface area contributed by atoms with Crippen molar-refractivity contribution in [3.63, 3.8) is 0 Å². The van der Waals surface area contributed by atoms with Crippen LogP contribution in [0, 0.1) is 0 Å². The normalized spacial score (nSPS) is 10.1. The van der Waals surface area contributed by atoms with Gasteiger partial charge in [-0.15, -0.1) is 0 Å². The molecule has 8 heteroatoms. The maximum Gasteiger partial charge on any atom is 0.354 e. The standard InChI is InChI=1S/C13H18N4O4/c1-8(2)15-11(18)7-17(3)13(21)16-9-4-5-10(12(19)20)14-6-9/h4-6,8H,7H2,1-3H3,(H,15,18)(H,16,21)(H,19,20). The van der Waals surface area contributed by atoms with Crippen LogP contribution in [0.4, 0.5) is 10.5 Å². The second-order valence-corrected chi connectivity index (χ2v) is 4.75. The number of rotatable bonds is 5. The quantitative estimate of drug-likeness (QED) is 0.742. The molecule has 0 saturated heterocycles. The number of carbonyl (C=O) groups is 3. The third-order valence-electron chi connectivity index (χ3n) is 2.41. The summed E-state index contributed by atoms with van der Waals surface area (Å²) in [5, 5.41) is 13.9. The Morgan fingerprint density at radius 1 is 1.33 bits per heavy atom. The summed E-state index contributed by atoms with van der Waals surface area (Å²) in [5.74, 6) is -1.41. The highest BCUT2D eigenvalue weighted by molar-refractivity contribution is 5.92. The number of carboxylic acids is 1. The van der Waals surface area contributed by atoms with Crippen molar-refractivity contribution in [1.29, 1.82) is 0 Å². The average molecular weight is 294 g/mol. The van der Waals surface area contributed by atoms with Crippen molar-refractivity contribution in [2.45, 2.75) is 19.9 Å². The van der Waals surface area contributed by atoms with Crippen LogP contribution in [0.5, 0.6) is 0 Å². The molecular formula is C13H18N4O4. The van der Waals surface area contributed by atoms with Gasteiger partial charge in [0, 0.05) is 13.1 Å². The Morgan fingerprint density at radius 3 is 2.48 bits per heavy atom. The molecule has 3 N–H and O–H groups in total. The zero-order valence-electron chi connectivity index (χ0n) is 12.1. The van der Waals surface area contributed by atoms with E-state index in [-0.39, 0.29) is 24.2 Å².